The fourth-order valence-corrected chi connectivity index (χ4v) is 2.25. The Bertz CT molecular complexity index is 131. The lowest BCUT2D eigenvalue weighted by Gasteiger charge is -2.13. The van der Waals surface area contributed by atoms with E-state index >= 15 is 0 Å². The molecule has 11 heavy (non-hydrogen) atoms. The van der Waals surface area contributed by atoms with E-state index in [0.717, 1.165) is 11.8 Å². The third kappa shape index (κ3) is 2.19. The molecule has 2 atom stereocenters. The predicted octanol–water partition coefficient (Wildman–Crippen LogP) is 2.28. The van der Waals surface area contributed by atoms with Crippen LogP contribution < -0.4 is 5.32 Å². The number of nitrogens with one attached hydrogen (secondary N) is 1. The summed E-state index contributed by atoms with van der Waals surface area (Å²) in [4.78, 5) is 0. The smallest absolute Gasteiger partial charge is 0.00181 e. The van der Waals surface area contributed by atoms with Crippen molar-refractivity contribution in [2.45, 2.75) is 33.6 Å². The van der Waals surface area contributed by atoms with Gasteiger partial charge in [-0.2, -0.15) is 0 Å². The molecule has 0 aromatic heterocycles. The molecule has 2 unspecified atom stereocenters. The number of rotatable bonds is 4. The first kappa shape index (κ1) is 9.05. The summed E-state index contributed by atoms with van der Waals surface area (Å²) >= 11 is 0. The van der Waals surface area contributed by atoms with Gasteiger partial charge in [0.25, 0.3) is 0 Å². The summed E-state index contributed by atoms with van der Waals surface area (Å²) < 4.78 is 0. The van der Waals surface area contributed by atoms with E-state index in [1.165, 1.54) is 19.4 Å². The van der Waals surface area contributed by atoms with Crippen LogP contribution in [0.4, 0.5) is 0 Å². The van der Waals surface area contributed by atoms with Crippen molar-refractivity contribution in [3.05, 3.63) is 0 Å². The zero-order valence-corrected chi connectivity index (χ0v) is 8.28. The normalized spacial score (nSPS) is 36.3. The maximum atomic E-state index is 3.26. The van der Waals surface area contributed by atoms with Crippen molar-refractivity contribution in [3.8, 4) is 0 Å². The van der Waals surface area contributed by atoms with Gasteiger partial charge in [0.2, 0.25) is 0 Å². The third-order valence-electron chi connectivity index (χ3n) is 2.86. The fraction of sp³-hybridized carbons (Fsp3) is 1.00. The van der Waals surface area contributed by atoms with Crippen molar-refractivity contribution >= 4 is 0 Å². The molecule has 0 spiro atoms. The molecule has 0 radical (unpaired) electrons. The molecule has 66 valence electrons. The van der Waals surface area contributed by atoms with Gasteiger partial charge in [0.15, 0.2) is 0 Å². The van der Waals surface area contributed by atoms with Gasteiger partial charge in [0.05, 0.1) is 0 Å². The first-order valence-electron chi connectivity index (χ1n) is 4.73. The molecule has 1 aliphatic rings. The Morgan fingerprint density at radius 1 is 1.55 bits per heavy atom. The molecule has 0 aromatic carbocycles. The van der Waals surface area contributed by atoms with Crippen molar-refractivity contribution in [1.82, 2.24) is 5.32 Å². The maximum absolute atomic E-state index is 3.26. The van der Waals surface area contributed by atoms with E-state index in [0.29, 0.717) is 5.41 Å². The standard InChI is InChI=1S/C10H21N/c1-8(2)5-10(3)6-9(10)7-11-4/h8-9,11H,5-7H2,1-4H3. The van der Waals surface area contributed by atoms with Crippen LogP contribution in [0.2, 0.25) is 0 Å². The lowest BCUT2D eigenvalue weighted by molar-refractivity contribution is 0.383. The molecule has 1 rings (SSSR count). The van der Waals surface area contributed by atoms with E-state index in [1.807, 2.05) is 7.05 Å². The lowest BCUT2D eigenvalue weighted by Crippen LogP contribution is -2.14. The van der Waals surface area contributed by atoms with Crippen LogP contribution in [0.1, 0.15) is 33.6 Å². The van der Waals surface area contributed by atoms with Gasteiger partial charge < -0.3 is 5.32 Å². The number of hydrogen-bond acceptors (Lipinski definition) is 1. The summed E-state index contributed by atoms with van der Waals surface area (Å²) in [6.45, 7) is 8.28. The van der Waals surface area contributed by atoms with Crippen LogP contribution in [0.5, 0.6) is 0 Å². The van der Waals surface area contributed by atoms with E-state index in [2.05, 4.69) is 26.1 Å². The predicted molar refractivity (Wildman–Crippen MR) is 49.6 cm³/mol. The summed E-state index contributed by atoms with van der Waals surface area (Å²) in [7, 11) is 2.05. The molecule has 0 saturated heterocycles. The van der Waals surface area contributed by atoms with Gasteiger partial charge in [-0.3, -0.25) is 0 Å². The van der Waals surface area contributed by atoms with Gasteiger partial charge in [-0.15, -0.1) is 0 Å². The van der Waals surface area contributed by atoms with E-state index in [1.54, 1.807) is 0 Å². The fourth-order valence-electron chi connectivity index (χ4n) is 2.25. The Morgan fingerprint density at radius 3 is 2.64 bits per heavy atom. The van der Waals surface area contributed by atoms with Crippen LogP contribution >= 0.6 is 0 Å². The average Bonchev–Trinajstić information content (AvgIpc) is 2.40. The van der Waals surface area contributed by atoms with Crippen LogP contribution in [0, 0.1) is 17.3 Å². The lowest BCUT2D eigenvalue weighted by atomic mass is 9.94. The van der Waals surface area contributed by atoms with E-state index in [-0.39, 0.29) is 0 Å². The topological polar surface area (TPSA) is 12.0 Å². The van der Waals surface area contributed by atoms with Crippen molar-refractivity contribution in [2.24, 2.45) is 17.3 Å². The molecular formula is C10H21N. The third-order valence-corrected chi connectivity index (χ3v) is 2.86. The Morgan fingerprint density at radius 2 is 2.18 bits per heavy atom. The van der Waals surface area contributed by atoms with Gasteiger partial charge in [0, 0.05) is 0 Å². The Kier molecular flexibility index (Phi) is 2.58. The largest absolute Gasteiger partial charge is 0.319 e. The second kappa shape index (κ2) is 3.14. The molecule has 1 nitrogen and oxygen atoms in total. The highest BCUT2D eigenvalue weighted by molar-refractivity contribution is 4.99. The summed E-state index contributed by atoms with van der Waals surface area (Å²) in [5.74, 6) is 1.82. The van der Waals surface area contributed by atoms with E-state index < -0.39 is 0 Å². The minimum absolute atomic E-state index is 0.678. The SMILES string of the molecule is CNCC1CC1(C)CC(C)C. The second-order valence-electron chi connectivity index (χ2n) is 4.71. The van der Waals surface area contributed by atoms with Crippen LogP contribution in [0.3, 0.4) is 0 Å². The summed E-state index contributed by atoms with van der Waals surface area (Å²) in [5.41, 5.74) is 0.678. The van der Waals surface area contributed by atoms with Crippen molar-refractivity contribution in [1.29, 1.82) is 0 Å². The van der Waals surface area contributed by atoms with Gasteiger partial charge in [-0.05, 0) is 43.7 Å². The molecule has 0 aromatic rings. The molecule has 1 saturated carbocycles. The van der Waals surface area contributed by atoms with Gasteiger partial charge in [-0.25, -0.2) is 0 Å². The summed E-state index contributed by atoms with van der Waals surface area (Å²) in [6.07, 6.45) is 2.84. The first-order chi connectivity index (χ1) is 5.08. The Hall–Kier alpha value is -0.0400. The zero-order valence-electron chi connectivity index (χ0n) is 8.28. The highest BCUT2D eigenvalue weighted by Crippen LogP contribution is 2.55. The van der Waals surface area contributed by atoms with E-state index in [4.69, 9.17) is 0 Å². The monoisotopic (exact) mass is 155 g/mol. The van der Waals surface area contributed by atoms with Crippen LogP contribution in [-0.2, 0) is 0 Å². The van der Waals surface area contributed by atoms with Gasteiger partial charge in [0.1, 0.15) is 0 Å². The minimum atomic E-state index is 0.678. The molecule has 0 aliphatic heterocycles. The highest BCUT2D eigenvalue weighted by Gasteiger charge is 2.48. The molecule has 1 N–H and O–H groups in total. The maximum Gasteiger partial charge on any atom is -0.00181 e. The molecule has 0 bridgehead atoms. The zero-order chi connectivity index (χ0) is 8.48. The molecule has 1 fully saturated rings. The second-order valence-corrected chi connectivity index (χ2v) is 4.71. The minimum Gasteiger partial charge on any atom is -0.319 e. The molecule has 0 amide bonds. The average molecular weight is 155 g/mol. The molecule has 1 heteroatoms. The Labute approximate surface area is 70.6 Å². The van der Waals surface area contributed by atoms with Crippen molar-refractivity contribution in [2.75, 3.05) is 13.6 Å². The van der Waals surface area contributed by atoms with Gasteiger partial charge >= 0.3 is 0 Å². The summed E-state index contributed by atoms with van der Waals surface area (Å²) in [6, 6.07) is 0. The molecular weight excluding hydrogens is 134 g/mol. The highest BCUT2D eigenvalue weighted by atomic mass is 14.8. The first-order valence-corrected chi connectivity index (χ1v) is 4.73. The molecule has 1 aliphatic carbocycles. The van der Waals surface area contributed by atoms with E-state index in [9.17, 15) is 0 Å². The van der Waals surface area contributed by atoms with Crippen LogP contribution in [-0.4, -0.2) is 13.6 Å². The van der Waals surface area contributed by atoms with Crippen LogP contribution in [0.15, 0.2) is 0 Å². The summed E-state index contributed by atoms with van der Waals surface area (Å²) in [5, 5.41) is 3.26. The van der Waals surface area contributed by atoms with Crippen LogP contribution in [0.25, 0.3) is 0 Å². The Balaban J connectivity index is 2.25. The quantitative estimate of drug-likeness (QED) is 0.656. The van der Waals surface area contributed by atoms with Crippen molar-refractivity contribution in [3.63, 3.8) is 0 Å². The number of hydrogen-bond donors (Lipinski definition) is 1. The van der Waals surface area contributed by atoms with Gasteiger partial charge in [-0.1, -0.05) is 20.8 Å². The molecule has 0 heterocycles. The van der Waals surface area contributed by atoms with Crippen molar-refractivity contribution < 1.29 is 0 Å².